The summed E-state index contributed by atoms with van der Waals surface area (Å²) in [6.07, 6.45) is 0. The Morgan fingerprint density at radius 1 is 1.44 bits per heavy atom. The van der Waals surface area contributed by atoms with Crippen molar-refractivity contribution in [2.24, 2.45) is 5.92 Å². The Kier molecular flexibility index (Phi) is 6.92. The summed E-state index contributed by atoms with van der Waals surface area (Å²) in [6.45, 7) is 3.01. The number of hydrogen-bond acceptors (Lipinski definition) is 3. The zero-order valence-electron chi connectivity index (χ0n) is 9.36. The average molecular weight is 305 g/mol. The number of halogens is 1. The first kappa shape index (κ1) is 13.9. The summed E-state index contributed by atoms with van der Waals surface area (Å²) in [6, 6.07) is 7.84. The quantitative estimate of drug-likeness (QED) is 0.785. The van der Waals surface area contributed by atoms with Gasteiger partial charge in [0, 0.05) is 12.4 Å². The molecule has 0 aliphatic heterocycles. The highest BCUT2D eigenvalue weighted by Gasteiger charge is 2.01. The summed E-state index contributed by atoms with van der Waals surface area (Å²) in [5.41, 5.74) is 0. The van der Waals surface area contributed by atoms with E-state index in [9.17, 15) is 0 Å². The van der Waals surface area contributed by atoms with Gasteiger partial charge in [-0.05, 0) is 39.7 Å². The predicted octanol–water partition coefficient (Wildman–Crippen LogP) is 3.19. The number of aliphatic hydroxyl groups is 1. The van der Waals surface area contributed by atoms with Gasteiger partial charge in [-0.2, -0.15) is 11.8 Å². The molecule has 1 atom stereocenters. The van der Waals surface area contributed by atoms with Crippen molar-refractivity contribution >= 4 is 27.7 Å². The van der Waals surface area contributed by atoms with Gasteiger partial charge in [-0.25, -0.2) is 0 Å². The number of aliphatic hydroxyl groups excluding tert-OH is 1. The first-order valence-electron chi connectivity index (χ1n) is 5.30. The molecular weight excluding hydrogens is 288 g/mol. The molecule has 0 heterocycles. The highest BCUT2D eigenvalue weighted by molar-refractivity contribution is 9.10. The Hall–Kier alpha value is -0.190. The average Bonchev–Trinajstić information content (AvgIpc) is 2.30. The summed E-state index contributed by atoms with van der Waals surface area (Å²) in [7, 11) is 0. The van der Waals surface area contributed by atoms with Gasteiger partial charge in [-0.1, -0.05) is 19.1 Å². The summed E-state index contributed by atoms with van der Waals surface area (Å²) in [5, 5.41) is 8.85. The van der Waals surface area contributed by atoms with E-state index in [1.54, 1.807) is 0 Å². The molecule has 16 heavy (non-hydrogen) atoms. The number of rotatable bonds is 7. The predicted molar refractivity (Wildman–Crippen MR) is 73.2 cm³/mol. The Bertz CT molecular complexity index is 307. The molecular formula is C12H17BrO2S. The number of hydrogen-bond donors (Lipinski definition) is 1. The van der Waals surface area contributed by atoms with Crippen molar-refractivity contribution in [2.75, 3.05) is 24.7 Å². The normalized spacial score (nSPS) is 12.4. The summed E-state index contributed by atoms with van der Waals surface area (Å²) >= 11 is 5.25. The van der Waals surface area contributed by atoms with Crippen LogP contribution in [-0.2, 0) is 0 Å². The van der Waals surface area contributed by atoms with Crippen molar-refractivity contribution < 1.29 is 9.84 Å². The van der Waals surface area contributed by atoms with Crippen LogP contribution in [0.2, 0.25) is 0 Å². The standard InChI is InChI=1S/C12H17BrO2S/c1-10(8-14)9-16-7-6-15-12-5-3-2-4-11(12)13/h2-5,10,14H,6-9H2,1H3. The van der Waals surface area contributed by atoms with Crippen LogP contribution in [0, 0.1) is 5.92 Å². The first-order valence-corrected chi connectivity index (χ1v) is 7.24. The number of thioether (sulfide) groups is 1. The smallest absolute Gasteiger partial charge is 0.133 e. The van der Waals surface area contributed by atoms with E-state index in [1.165, 1.54) is 0 Å². The van der Waals surface area contributed by atoms with Gasteiger partial charge < -0.3 is 9.84 Å². The van der Waals surface area contributed by atoms with Gasteiger partial charge in [0.2, 0.25) is 0 Å². The molecule has 1 aromatic rings. The van der Waals surface area contributed by atoms with E-state index < -0.39 is 0 Å². The molecule has 4 heteroatoms. The van der Waals surface area contributed by atoms with Crippen molar-refractivity contribution in [3.8, 4) is 5.75 Å². The molecule has 1 N–H and O–H groups in total. The van der Waals surface area contributed by atoms with Crippen molar-refractivity contribution in [3.05, 3.63) is 28.7 Å². The summed E-state index contributed by atoms with van der Waals surface area (Å²) < 4.78 is 6.61. The van der Waals surface area contributed by atoms with E-state index >= 15 is 0 Å². The molecule has 0 radical (unpaired) electrons. The third-order valence-corrected chi connectivity index (χ3v) is 3.95. The van der Waals surface area contributed by atoms with Crippen LogP contribution in [0.5, 0.6) is 5.75 Å². The molecule has 1 unspecified atom stereocenters. The highest BCUT2D eigenvalue weighted by atomic mass is 79.9. The minimum atomic E-state index is 0.262. The van der Waals surface area contributed by atoms with Crippen molar-refractivity contribution in [1.82, 2.24) is 0 Å². The van der Waals surface area contributed by atoms with Crippen LogP contribution in [0.15, 0.2) is 28.7 Å². The Labute approximate surface area is 110 Å². The second kappa shape index (κ2) is 7.98. The highest BCUT2D eigenvalue weighted by Crippen LogP contribution is 2.23. The lowest BCUT2D eigenvalue weighted by atomic mass is 10.2. The maximum Gasteiger partial charge on any atom is 0.133 e. The van der Waals surface area contributed by atoms with E-state index in [1.807, 2.05) is 43.0 Å². The van der Waals surface area contributed by atoms with Gasteiger partial charge in [-0.15, -0.1) is 0 Å². The number of ether oxygens (including phenoxy) is 1. The molecule has 0 bridgehead atoms. The van der Waals surface area contributed by atoms with Gasteiger partial charge in [0.1, 0.15) is 5.75 Å². The third-order valence-electron chi connectivity index (χ3n) is 2.04. The molecule has 0 saturated carbocycles. The van der Waals surface area contributed by atoms with E-state index in [0.717, 1.165) is 21.7 Å². The van der Waals surface area contributed by atoms with E-state index in [-0.39, 0.29) is 6.61 Å². The fraction of sp³-hybridized carbons (Fsp3) is 0.500. The fourth-order valence-electron chi connectivity index (χ4n) is 1.11. The van der Waals surface area contributed by atoms with Gasteiger partial charge in [0.15, 0.2) is 0 Å². The zero-order chi connectivity index (χ0) is 11.8. The second-order valence-electron chi connectivity index (χ2n) is 3.64. The van der Waals surface area contributed by atoms with Crippen LogP contribution in [-0.4, -0.2) is 29.8 Å². The van der Waals surface area contributed by atoms with Gasteiger partial charge in [-0.3, -0.25) is 0 Å². The maximum absolute atomic E-state index is 8.85. The molecule has 1 rings (SSSR count). The Morgan fingerprint density at radius 3 is 2.88 bits per heavy atom. The third kappa shape index (κ3) is 5.23. The van der Waals surface area contributed by atoms with Gasteiger partial charge >= 0.3 is 0 Å². The van der Waals surface area contributed by atoms with Gasteiger partial charge in [0.25, 0.3) is 0 Å². The Morgan fingerprint density at radius 2 is 2.19 bits per heavy atom. The molecule has 0 aliphatic carbocycles. The molecule has 90 valence electrons. The maximum atomic E-state index is 8.85. The van der Waals surface area contributed by atoms with Crippen LogP contribution in [0.4, 0.5) is 0 Å². The van der Waals surface area contributed by atoms with Crippen LogP contribution in [0.25, 0.3) is 0 Å². The van der Waals surface area contributed by atoms with Crippen LogP contribution < -0.4 is 4.74 Å². The number of benzene rings is 1. The molecule has 1 aromatic carbocycles. The minimum Gasteiger partial charge on any atom is -0.492 e. The summed E-state index contributed by atoms with van der Waals surface area (Å²) in [5.74, 6) is 3.19. The summed E-state index contributed by atoms with van der Waals surface area (Å²) in [4.78, 5) is 0. The molecule has 0 amide bonds. The largest absolute Gasteiger partial charge is 0.492 e. The lowest BCUT2D eigenvalue weighted by Crippen LogP contribution is -2.07. The molecule has 0 saturated heterocycles. The van der Waals surface area contributed by atoms with Crippen LogP contribution >= 0.6 is 27.7 Å². The molecule has 0 aliphatic rings. The molecule has 0 aromatic heterocycles. The van der Waals surface area contributed by atoms with Crippen molar-refractivity contribution in [3.63, 3.8) is 0 Å². The first-order chi connectivity index (χ1) is 7.74. The van der Waals surface area contributed by atoms with Crippen molar-refractivity contribution in [2.45, 2.75) is 6.92 Å². The lowest BCUT2D eigenvalue weighted by Gasteiger charge is -2.09. The monoisotopic (exact) mass is 304 g/mol. The lowest BCUT2D eigenvalue weighted by molar-refractivity contribution is 0.250. The second-order valence-corrected chi connectivity index (χ2v) is 5.65. The number of para-hydroxylation sites is 1. The van der Waals surface area contributed by atoms with Gasteiger partial charge in [0.05, 0.1) is 11.1 Å². The fourth-order valence-corrected chi connectivity index (χ4v) is 2.38. The Balaban J connectivity index is 2.14. The van der Waals surface area contributed by atoms with E-state index in [4.69, 9.17) is 9.84 Å². The SMILES string of the molecule is CC(CO)CSCCOc1ccccc1Br. The van der Waals surface area contributed by atoms with E-state index in [0.29, 0.717) is 12.5 Å². The van der Waals surface area contributed by atoms with E-state index in [2.05, 4.69) is 15.9 Å². The topological polar surface area (TPSA) is 29.5 Å². The van der Waals surface area contributed by atoms with Crippen molar-refractivity contribution in [1.29, 1.82) is 0 Å². The van der Waals surface area contributed by atoms with Crippen LogP contribution in [0.1, 0.15) is 6.92 Å². The molecule has 0 fully saturated rings. The molecule has 0 spiro atoms. The zero-order valence-corrected chi connectivity index (χ0v) is 11.8. The minimum absolute atomic E-state index is 0.262. The van der Waals surface area contributed by atoms with Crippen LogP contribution in [0.3, 0.4) is 0 Å². The molecule has 2 nitrogen and oxygen atoms in total.